The number of halogens is 1. The average Bonchev–Trinajstić information content (AvgIpc) is 3.28. The van der Waals surface area contributed by atoms with Crippen LogP contribution in [-0.4, -0.2) is 46.2 Å². The molecule has 1 aliphatic heterocycles. The Balaban J connectivity index is 1.19. The van der Waals surface area contributed by atoms with Crippen LogP contribution in [0.15, 0.2) is 94.5 Å². The number of phenols is 1. The van der Waals surface area contributed by atoms with E-state index in [1.165, 1.54) is 0 Å². The summed E-state index contributed by atoms with van der Waals surface area (Å²) in [6.07, 6.45) is 3.74. The zero-order chi connectivity index (χ0) is 25.1. The van der Waals surface area contributed by atoms with Gasteiger partial charge in [-0.3, -0.25) is 13.9 Å². The van der Waals surface area contributed by atoms with Crippen LogP contribution in [0.4, 0.5) is 11.4 Å². The molecule has 4 aromatic rings. The maximum atomic E-state index is 12.9. The number of Topliss-reactive ketones (excluding diaryl/α,β-unsaturated/α-hetero) is 1. The van der Waals surface area contributed by atoms with Crippen molar-refractivity contribution >= 4 is 33.1 Å². The van der Waals surface area contributed by atoms with Crippen LogP contribution in [0.5, 0.6) is 5.75 Å². The number of aromatic hydroxyl groups is 1. The molecule has 1 fully saturated rings. The van der Waals surface area contributed by atoms with Gasteiger partial charge in [0.15, 0.2) is 5.78 Å². The monoisotopic (exact) mass is 546 g/mol. The number of hydrogen-bond donors (Lipinski definition) is 1. The van der Waals surface area contributed by atoms with Crippen LogP contribution in [0.3, 0.4) is 0 Å². The molecule has 1 N–H and O–H groups in total. The number of carbonyl (C=O) groups is 1. The summed E-state index contributed by atoms with van der Waals surface area (Å²) in [5.41, 5.74) is 3.52. The lowest BCUT2D eigenvalue weighted by molar-refractivity contribution is 0.0976. The van der Waals surface area contributed by atoms with E-state index >= 15 is 0 Å². The molecule has 8 heteroatoms. The third kappa shape index (κ3) is 5.23. The maximum Gasteiger partial charge on any atom is 0.332 e. The lowest BCUT2D eigenvalue weighted by Gasteiger charge is -2.37. The molecule has 0 radical (unpaired) electrons. The van der Waals surface area contributed by atoms with Gasteiger partial charge < -0.3 is 14.9 Å². The Morgan fingerprint density at radius 3 is 1.86 bits per heavy atom. The normalized spacial score (nSPS) is 13.7. The summed E-state index contributed by atoms with van der Waals surface area (Å²) in [5, 5.41) is 9.50. The number of carbonyl (C=O) groups excluding carboxylic acids is 1. The number of benzene rings is 3. The molecule has 5 rings (SSSR count). The highest BCUT2D eigenvalue weighted by Gasteiger charge is 2.18. The number of aromatic nitrogens is 2. The molecule has 0 saturated carbocycles. The summed E-state index contributed by atoms with van der Waals surface area (Å²) < 4.78 is 4.11. The Morgan fingerprint density at radius 2 is 1.28 bits per heavy atom. The standard InChI is InChI=1S/C28H27BrN4O3/c29-22-3-1-21(2-4-22)27(35)13-14-32-19-20-33(28(32)36)25-7-5-23(6-8-25)30-15-17-31(18-16-30)24-9-11-26(34)12-10-24/h1-12,19-20,34H,13-18H2. The number of aryl methyl sites for hydroxylation is 1. The van der Waals surface area contributed by atoms with Gasteiger partial charge in [0.25, 0.3) is 0 Å². The molecule has 0 aliphatic carbocycles. The van der Waals surface area contributed by atoms with Crippen molar-refractivity contribution in [1.82, 2.24) is 9.13 Å². The topological polar surface area (TPSA) is 70.7 Å². The minimum atomic E-state index is -0.158. The molecule has 184 valence electrons. The second-order valence-electron chi connectivity index (χ2n) is 8.83. The summed E-state index contributed by atoms with van der Waals surface area (Å²) in [5.74, 6) is 0.290. The maximum absolute atomic E-state index is 12.9. The van der Waals surface area contributed by atoms with E-state index < -0.39 is 0 Å². The lowest BCUT2D eigenvalue weighted by Crippen LogP contribution is -2.46. The summed E-state index contributed by atoms with van der Waals surface area (Å²) in [4.78, 5) is 30.0. The number of phenolic OH excluding ortho intramolecular Hbond substituents is 1. The third-order valence-corrected chi connectivity index (χ3v) is 7.11. The lowest BCUT2D eigenvalue weighted by atomic mass is 10.1. The first kappa shape index (κ1) is 23.9. The van der Waals surface area contributed by atoms with Crippen molar-refractivity contribution in [2.75, 3.05) is 36.0 Å². The SMILES string of the molecule is O=C(CCn1ccn(-c2ccc(N3CCN(c4ccc(O)cc4)CC3)cc2)c1=O)c1ccc(Br)cc1. The highest BCUT2D eigenvalue weighted by molar-refractivity contribution is 9.10. The summed E-state index contributed by atoms with van der Waals surface area (Å²) in [6.45, 7) is 3.91. The van der Waals surface area contributed by atoms with E-state index in [-0.39, 0.29) is 23.6 Å². The van der Waals surface area contributed by atoms with Gasteiger partial charge in [-0.25, -0.2) is 4.79 Å². The first-order valence-corrected chi connectivity index (χ1v) is 12.7. The van der Waals surface area contributed by atoms with Crippen LogP contribution in [0.25, 0.3) is 5.69 Å². The fraction of sp³-hybridized carbons (Fsp3) is 0.214. The van der Waals surface area contributed by atoms with Gasteiger partial charge in [-0.2, -0.15) is 0 Å². The average molecular weight is 547 g/mol. The van der Waals surface area contributed by atoms with Crippen molar-refractivity contribution in [2.24, 2.45) is 0 Å². The molecular weight excluding hydrogens is 520 g/mol. The van der Waals surface area contributed by atoms with E-state index in [9.17, 15) is 14.7 Å². The number of imidazole rings is 1. The second kappa shape index (κ2) is 10.5. The third-order valence-electron chi connectivity index (χ3n) is 6.58. The van der Waals surface area contributed by atoms with Gasteiger partial charge in [0, 0.05) is 72.9 Å². The molecule has 0 amide bonds. The van der Waals surface area contributed by atoms with Crippen LogP contribution >= 0.6 is 15.9 Å². The predicted molar refractivity (Wildman–Crippen MR) is 146 cm³/mol. The van der Waals surface area contributed by atoms with Crippen molar-refractivity contribution in [3.63, 3.8) is 0 Å². The number of piperazine rings is 1. The van der Waals surface area contributed by atoms with Gasteiger partial charge >= 0.3 is 5.69 Å². The zero-order valence-corrected chi connectivity index (χ0v) is 21.3. The van der Waals surface area contributed by atoms with E-state index in [1.54, 1.807) is 45.8 Å². The van der Waals surface area contributed by atoms with Crippen molar-refractivity contribution in [2.45, 2.75) is 13.0 Å². The molecule has 0 atom stereocenters. The van der Waals surface area contributed by atoms with Crippen molar-refractivity contribution in [1.29, 1.82) is 0 Å². The molecule has 0 bridgehead atoms. The first-order valence-electron chi connectivity index (χ1n) is 11.9. The molecule has 3 aromatic carbocycles. The number of nitrogens with zero attached hydrogens (tertiary/aromatic N) is 4. The molecule has 1 aliphatic rings. The fourth-order valence-electron chi connectivity index (χ4n) is 4.49. The van der Waals surface area contributed by atoms with Crippen molar-refractivity contribution in [3.05, 3.63) is 106 Å². The summed E-state index contributed by atoms with van der Waals surface area (Å²) >= 11 is 3.37. The van der Waals surface area contributed by atoms with Gasteiger partial charge in [-0.05, 0) is 60.7 Å². The molecule has 0 spiro atoms. The molecule has 1 aromatic heterocycles. The largest absolute Gasteiger partial charge is 0.508 e. The van der Waals surface area contributed by atoms with Gasteiger partial charge in [0.1, 0.15) is 5.75 Å². The smallest absolute Gasteiger partial charge is 0.332 e. The Hall–Kier alpha value is -3.78. The fourth-order valence-corrected chi connectivity index (χ4v) is 4.76. The van der Waals surface area contributed by atoms with E-state index in [4.69, 9.17) is 0 Å². The Bertz CT molecular complexity index is 1380. The van der Waals surface area contributed by atoms with E-state index in [2.05, 4.69) is 25.7 Å². The minimum absolute atomic E-state index is 0.0111. The highest BCUT2D eigenvalue weighted by atomic mass is 79.9. The first-order chi connectivity index (χ1) is 17.5. The highest BCUT2D eigenvalue weighted by Crippen LogP contribution is 2.23. The minimum Gasteiger partial charge on any atom is -0.508 e. The Morgan fingerprint density at radius 1 is 0.750 bits per heavy atom. The summed E-state index contributed by atoms with van der Waals surface area (Å²) in [6, 6.07) is 22.6. The molecule has 0 unspecified atom stereocenters. The van der Waals surface area contributed by atoms with Crippen LogP contribution < -0.4 is 15.5 Å². The van der Waals surface area contributed by atoms with E-state index in [1.807, 2.05) is 48.5 Å². The molecule has 1 saturated heterocycles. The number of hydrogen-bond acceptors (Lipinski definition) is 5. The molecule has 7 nitrogen and oxygen atoms in total. The van der Waals surface area contributed by atoms with Crippen LogP contribution in [-0.2, 0) is 6.54 Å². The number of rotatable bonds is 7. The van der Waals surface area contributed by atoms with Crippen molar-refractivity contribution < 1.29 is 9.90 Å². The van der Waals surface area contributed by atoms with Crippen molar-refractivity contribution in [3.8, 4) is 11.4 Å². The Kier molecular flexibility index (Phi) is 6.95. The molecule has 36 heavy (non-hydrogen) atoms. The summed E-state index contributed by atoms with van der Waals surface area (Å²) in [7, 11) is 0. The number of anilines is 2. The van der Waals surface area contributed by atoms with Crippen LogP contribution in [0.1, 0.15) is 16.8 Å². The van der Waals surface area contributed by atoms with Gasteiger partial charge in [-0.15, -0.1) is 0 Å². The van der Waals surface area contributed by atoms with E-state index in [0.717, 1.165) is 47.7 Å². The van der Waals surface area contributed by atoms with Gasteiger partial charge in [-0.1, -0.05) is 28.1 Å². The second-order valence-corrected chi connectivity index (χ2v) is 9.75. The zero-order valence-electron chi connectivity index (χ0n) is 19.8. The molecule has 2 heterocycles. The van der Waals surface area contributed by atoms with Crippen LogP contribution in [0.2, 0.25) is 0 Å². The quantitative estimate of drug-likeness (QED) is 0.340. The van der Waals surface area contributed by atoms with Gasteiger partial charge in [0.2, 0.25) is 0 Å². The van der Waals surface area contributed by atoms with Crippen LogP contribution in [0, 0.1) is 0 Å². The number of ketones is 1. The Labute approximate surface area is 218 Å². The van der Waals surface area contributed by atoms with E-state index in [0.29, 0.717) is 12.1 Å². The predicted octanol–water partition coefficient (Wildman–Crippen LogP) is 4.71. The van der Waals surface area contributed by atoms with Gasteiger partial charge in [0.05, 0.1) is 5.69 Å². The molecular formula is C28H27BrN4O3.